The molecule has 21 heavy (non-hydrogen) atoms. The van der Waals surface area contributed by atoms with Crippen molar-refractivity contribution in [3.05, 3.63) is 33.6 Å². The fourth-order valence-electron chi connectivity index (χ4n) is 2.09. The van der Waals surface area contributed by atoms with Gasteiger partial charge in [-0.1, -0.05) is 0 Å². The summed E-state index contributed by atoms with van der Waals surface area (Å²) in [6, 6.07) is 1.36. The Hall–Kier alpha value is -2.71. The van der Waals surface area contributed by atoms with Crippen LogP contribution in [0.4, 0.5) is 15.8 Å². The van der Waals surface area contributed by atoms with Gasteiger partial charge in [0.05, 0.1) is 4.92 Å². The number of nitrogen functional groups attached to an aromatic ring is 1. The third-order valence-corrected chi connectivity index (χ3v) is 3.20. The van der Waals surface area contributed by atoms with Crippen molar-refractivity contribution < 1.29 is 18.9 Å². The lowest BCUT2D eigenvalue weighted by atomic mass is 10.1. The third kappa shape index (κ3) is 3.07. The standard InChI is InChI=1S/C12H13FN4O4/c13-7-2-3-8(17(20)21)11(14)10(7)12(19)16-6-1-4-9(18)15-5-6/h2-3,6H,1,4-5,14H2,(H,15,18)(H,16,19). The highest BCUT2D eigenvalue weighted by molar-refractivity contribution is 6.01. The van der Waals surface area contributed by atoms with Gasteiger partial charge in [0.2, 0.25) is 5.91 Å². The van der Waals surface area contributed by atoms with Crippen molar-refractivity contribution in [2.45, 2.75) is 18.9 Å². The molecule has 1 atom stereocenters. The van der Waals surface area contributed by atoms with Crippen molar-refractivity contribution >= 4 is 23.2 Å². The molecule has 4 N–H and O–H groups in total. The highest BCUT2D eigenvalue weighted by atomic mass is 19.1. The van der Waals surface area contributed by atoms with Crippen LogP contribution >= 0.6 is 0 Å². The highest BCUT2D eigenvalue weighted by Gasteiger charge is 2.26. The number of hydrogen-bond donors (Lipinski definition) is 3. The summed E-state index contributed by atoms with van der Waals surface area (Å²) in [7, 11) is 0. The summed E-state index contributed by atoms with van der Waals surface area (Å²) in [6.45, 7) is 0.223. The third-order valence-electron chi connectivity index (χ3n) is 3.20. The van der Waals surface area contributed by atoms with Crippen LogP contribution in [0.25, 0.3) is 0 Å². The Balaban J connectivity index is 2.21. The van der Waals surface area contributed by atoms with Crippen LogP contribution in [-0.2, 0) is 4.79 Å². The predicted octanol–water partition coefficient (Wildman–Crippen LogP) is 0.324. The van der Waals surface area contributed by atoms with Gasteiger partial charge in [0.15, 0.2) is 0 Å². The number of anilines is 1. The van der Waals surface area contributed by atoms with E-state index in [1.54, 1.807) is 0 Å². The van der Waals surface area contributed by atoms with Crippen LogP contribution in [0.15, 0.2) is 12.1 Å². The number of nitrogens with zero attached hydrogens (tertiary/aromatic N) is 1. The van der Waals surface area contributed by atoms with Crippen LogP contribution in [0, 0.1) is 15.9 Å². The van der Waals surface area contributed by atoms with Crippen molar-refractivity contribution in [3.8, 4) is 0 Å². The largest absolute Gasteiger partial charge is 0.392 e. The molecule has 0 aromatic heterocycles. The van der Waals surface area contributed by atoms with Crippen molar-refractivity contribution in [1.29, 1.82) is 0 Å². The van der Waals surface area contributed by atoms with Crippen LogP contribution in [0.1, 0.15) is 23.2 Å². The number of rotatable bonds is 3. The van der Waals surface area contributed by atoms with Gasteiger partial charge in [-0.3, -0.25) is 19.7 Å². The zero-order chi connectivity index (χ0) is 15.6. The number of halogens is 1. The fourth-order valence-corrected chi connectivity index (χ4v) is 2.09. The number of benzene rings is 1. The van der Waals surface area contributed by atoms with E-state index in [9.17, 15) is 24.1 Å². The number of nitro benzene ring substituents is 1. The lowest BCUT2D eigenvalue weighted by Gasteiger charge is -2.23. The zero-order valence-corrected chi connectivity index (χ0v) is 10.9. The number of carbonyl (C=O) groups excluding carboxylic acids is 2. The van der Waals surface area contributed by atoms with E-state index in [1.165, 1.54) is 0 Å². The van der Waals surface area contributed by atoms with Crippen molar-refractivity contribution in [2.24, 2.45) is 0 Å². The average molecular weight is 296 g/mol. The van der Waals surface area contributed by atoms with Crippen LogP contribution in [0.3, 0.4) is 0 Å². The van der Waals surface area contributed by atoms with Gasteiger partial charge in [0.1, 0.15) is 17.1 Å². The maximum absolute atomic E-state index is 13.7. The summed E-state index contributed by atoms with van der Waals surface area (Å²) in [4.78, 5) is 33.0. The second kappa shape index (κ2) is 5.73. The number of nitrogens with two attached hydrogens (primary N) is 1. The number of hydrogen-bond acceptors (Lipinski definition) is 5. The summed E-state index contributed by atoms with van der Waals surface area (Å²) >= 11 is 0. The summed E-state index contributed by atoms with van der Waals surface area (Å²) in [5, 5.41) is 15.8. The van der Waals surface area contributed by atoms with E-state index in [0.29, 0.717) is 6.42 Å². The molecule has 1 saturated heterocycles. The van der Waals surface area contributed by atoms with E-state index in [1.807, 2.05) is 0 Å². The van der Waals surface area contributed by atoms with E-state index in [2.05, 4.69) is 10.6 Å². The Morgan fingerprint density at radius 2 is 2.24 bits per heavy atom. The first-order valence-electron chi connectivity index (χ1n) is 6.20. The molecule has 2 amide bonds. The molecule has 0 aliphatic carbocycles. The van der Waals surface area contributed by atoms with E-state index in [4.69, 9.17) is 5.73 Å². The van der Waals surface area contributed by atoms with Crippen LogP contribution < -0.4 is 16.4 Å². The van der Waals surface area contributed by atoms with Crippen molar-refractivity contribution in [2.75, 3.05) is 12.3 Å². The summed E-state index contributed by atoms with van der Waals surface area (Å²) < 4.78 is 13.7. The Morgan fingerprint density at radius 3 is 2.81 bits per heavy atom. The lowest BCUT2D eigenvalue weighted by molar-refractivity contribution is -0.384. The summed E-state index contributed by atoms with van der Waals surface area (Å²) in [5.41, 5.74) is 3.90. The molecule has 1 aliphatic heterocycles. The van der Waals surface area contributed by atoms with Gasteiger partial charge in [0.25, 0.3) is 11.6 Å². The molecule has 1 unspecified atom stereocenters. The number of amides is 2. The fraction of sp³-hybridized carbons (Fsp3) is 0.333. The van der Waals surface area contributed by atoms with Gasteiger partial charge >= 0.3 is 0 Å². The Morgan fingerprint density at radius 1 is 1.52 bits per heavy atom. The van der Waals surface area contributed by atoms with Gasteiger partial charge in [-0.2, -0.15) is 0 Å². The van der Waals surface area contributed by atoms with Gasteiger partial charge < -0.3 is 16.4 Å². The number of nitro groups is 1. The molecule has 112 valence electrons. The summed E-state index contributed by atoms with van der Waals surface area (Å²) in [6.07, 6.45) is 0.659. The second-order valence-electron chi connectivity index (χ2n) is 4.63. The zero-order valence-electron chi connectivity index (χ0n) is 10.9. The molecule has 2 rings (SSSR count). The normalized spacial score (nSPS) is 18.0. The molecule has 9 heteroatoms. The Labute approximate surface area is 118 Å². The molecule has 1 fully saturated rings. The van der Waals surface area contributed by atoms with Gasteiger partial charge in [-0.15, -0.1) is 0 Å². The molecule has 0 saturated carbocycles. The molecular formula is C12H13FN4O4. The monoisotopic (exact) mass is 296 g/mol. The molecule has 0 radical (unpaired) electrons. The molecular weight excluding hydrogens is 283 g/mol. The highest BCUT2D eigenvalue weighted by Crippen LogP contribution is 2.27. The first-order valence-corrected chi connectivity index (χ1v) is 6.20. The van der Waals surface area contributed by atoms with Crippen LogP contribution in [0.5, 0.6) is 0 Å². The number of carbonyl (C=O) groups is 2. The minimum absolute atomic E-state index is 0.124. The second-order valence-corrected chi connectivity index (χ2v) is 4.63. The first-order chi connectivity index (χ1) is 9.90. The van der Waals surface area contributed by atoms with Gasteiger partial charge in [-0.25, -0.2) is 4.39 Å². The first kappa shape index (κ1) is 14.7. The van der Waals surface area contributed by atoms with Crippen molar-refractivity contribution in [1.82, 2.24) is 10.6 Å². The topological polar surface area (TPSA) is 127 Å². The minimum Gasteiger partial charge on any atom is -0.392 e. The molecule has 0 spiro atoms. The Bertz CT molecular complexity index is 610. The van der Waals surface area contributed by atoms with E-state index >= 15 is 0 Å². The van der Waals surface area contributed by atoms with Gasteiger partial charge in [-0.05, 0) is 12.5 Å². The SMILES string of the molecule is Nc1c([N+](=O)[O-])ccc(F)c1C(=O)NC1CCC(=O)NC1. The molecule has 8 nitrogen and oxygen atoms in total. The molecule has 0 bridgehead atoms. The molecule has 1 aromatic carbocycles. The smallest absolute Gasteiger partial charge is 0.293 e. The maximum atomic E-state index is 13.7. The molecule has 1 aliphatic rings. The minimum atomic E-state index is -0.935. The van der Waals surface area contributed by atoms with Crippen LogP contribution in [0.2, 0.25) is 0 Å². The van der Waals surface area contributed by atoms with E-state index in [0.717, 1.165) is 12.1 Å². The quantitative estimate of drug-likeness (QED) is 0.420. The van der Waals surface area contributed by atoms with E-state index in [-0.39, 0.29) is 24.9 Å². The number of nitrogens with one attached hydrogen (secondary N) is 2. The maximum Gasteiger partial charge on any atom is 0.293 e. The summed E-state index contributed by atoms with van der Waals surface area (Å²) in [5.74, 6) is -1.90. The van der Waals surface area contributed by atoms with E-state index < -0.39 is 33.6 Å². The lowest BCUT2D eigenvalue weighted by Crippen LogP contribution is -2.48. The molecule has 1 heterocycles. The van der Waals surface area contributed by atoms with Gasteiger partial charge in [0, 0.05) is 25.1 Å². The predicted molar refractivity (Wildman–Crippen MR) is 71.0 cm³/mol. The Kier molecular flexibility index (Phi) is 4.01. The van der Waals surface area contributed by atoms with Crippen LogP contribution in [-0.4, -0.2) is 29.3 Å². The number of piperidine rings is 1. The molecule has 1 aromatic rings. The average Bonchev–Trinajstić information content (AvgIpc) is 2.41. The van der Waals surface area contributed by atoms with Crippen molar-refractivity contribution in [3.63, 3.8) is 0 Å².